The number of aliphatic hydroxyl groups excluding tert-OH is 2. The standard InChI is InChI=1S/C26H31F5N10O2/c1-25(2,28)22-5-3-4-18(35-22)11-33-23(42)20-14-40(38-36-20)9-7-17(27)13-41-15-21(37-39-41)24(43)34-12-19-10-16(6-8-32-19)26(29,30)31/h3-6,8,10,14-15,17,23-24,33-34,42-43H,7,9,11-13H2,1-2H3. The molecule has 0 fully saturated rings. The van der Waals surface area contributed by atoms with Crippen LogP contribution in [0.1, 0.15) is 66.8 Å². The topological polar surface area (TPSA) is 152 Å². The van der Waals surface area contributed by atoms with Crippen LogP contribution in [0, 0.1) is 0 Å². The Balaban J connectivity index is 1.21. The number of aryl methyl sites for hydroxylation is 1. The molecular weight excluding hydrogens is 579 g/mol. The van der Waals surface area contributed by atoms with Crippen LogP contribution in [0.5, 0.6) is 0 Å². The van der Waals surface area contributed by atoms with E-state index >= 15 is 0 Å². The van der Waals surface area contributed by atoms with Crippen molar-refractivity contribution in [1.82, 2.24) is 50.6 Å². The number of hydrogen-bond acceptors (Lipinski definition) is 10. The maximum Gasteiger partial charge on any atom is 0.416 e. The molecule has 4 aromatic heterocycles. The molecule has 0 aliphatic rings. The molecule has 0 spiro atoms. The minimum atomic E-state index is -4.52. The first-order valence-electron chi connectivity index (χ1n) is 13.2. The third-order valence-corrected chi connectivity index (χ3v) is 6.24. The van der Waals surface area contributed by atoms with E-state index in [9.17, 15) is 32.2 Å². The minimum absolute atomic E-state index is 0.0270. The lowest BCUT2D eigenvalue weighted by Crippen LogP contribution is -2.22. The van der Waals surface area contributed by atoms with Gasteiger partial charge in [-0.05, 0) is 38.1 Å². The zero-order chi connectivity index (χ0) is 31.2. The Morgan fingerprint density at radius 1 is 0.884 bits per heavy atom. The van der Waals surface area contributed by atoms with Crippen LogP contribution < -0.4 is 10.6 Å². The molecule has 0 amide bonds. The van der Waals surface area contributed by atoms with Crippen LogP contribution >= 0.6 is 0 Å². The maximum absolute atomic E-state index is 14.7. The number of hydrogen-bond donors (Lipinski definition) is 4. The van der Waals surface area contributed by atoms with Gasteiger partial charge in [0.25, 0.3) is 0 Å². The van der Waals surface area contributed by atoms with E-state index in [-0.39, 0.29) is 55.4 Å². The Hall–Kier alpha value is -3.93. The summed E-state index contributed by atoms with van der Waals surface area (Å²) in [4.78, 5) is 8.09. The van der Waals surface area contributed by atoms with Crippen molar-refractivity contribution in [2.75, 3.05) is 0 Å². The Labute approximate surface area is 243 Å². The van der Waals surface area contributed by atoms with E-state index in [1.165, 1.54) is 35.6 Å². The summed E-state index contributed by atoms with van der Waals surface area (Å²) in [7, 11) is 0. The highest BCUT2D eigenvalue weighted by molar-refractivity contribution is 5.19. The van der Waals surface area contributed by atoms with Crippen LogP contribution in [-0.2, 0) is 38.0 Å². The Morgan fingerprint density at radius 2 is 1.51 bits per heavy atom. The van der Waals surface area contributed by atoms with Crippen molar-refractivity contribution in [3.8, 4) is 0 Å². The normalized spacial score (nSPS) is 14.5. The number of alkyl halides is 5. The van der Waals surface area contributed by atoms with Crippen molar-refractivity contribution in [2.45, 2.75) is 76.9 Å². The van der Waals surface area contributed by atoms with E-state index in [1.54, 1.807) is 18.2 Å². The molecule has 43 heavy (non-hydrogen) atoms. The third-order valence-electron chi connectivity index (χ3n) is 6.24. The molecule has 4 N–H and O–H groups in total. The molecule has 12 nitrogen and oxygen atoms in total. The quantitative estimate of drug-likeness (QED) is 0.124. The molecule has 4 rings (SSSR count). The summed E-state index contributed by atoms with van der Waals surface area (Å²) in [5.41, 5.74) is -1.33. The van der Waals surface area contributed by atoms with Crippen LogP contribution in [0.25, 0.3) is 0 Å². The predicted molar refractivity (Wildman–Crippen MR) is 141 cm³/mol. The van der Waals surface area contributed by atoms with Gasteiger partial charge in [-0.15, -0.1) is 10.2 Å². The average Bonchev–Trinajstić information content (AvgIpc) is 3.63. The molecule has 17 heteroatoms. The summed E-state index contributed by atoms with van der Waals surface area (Å²) in [6, 6.07) is 6.67. The van der Waals surface area contributed by atoms with E-state index in [2.05, 4.69) is 41.2 Å². The molecule has 0 aromatic carbocycles. The average molecular weight is 611 g/mol. The molecule has 3 atom stereocenters. The van der Waals surface area contributed by atoms with Crippen LogP contribution in [0.4, 0.5) is 22.0 Å². The van der Waals surface area contributed by atoms with E-state index < -0.39 is 36.0 Å². The molecule has 0 aliphatic heterocycles. The fourth-order valence-corrected chi connectivity index (χ4v) is 3.91. The first kappa shape index (κ1) is 32.0. The molecular formula is C26H31F5N10O2. The van der Waals surface area contributed by atoms with Crippen LogP contribution in [-0.4, -0.2) is 56.3 Å². The summed E-state index contributed by atoms with van der Waals surface area (Å²) in [5.74, 6) is 0. The van der Waals surface area contributed by atoms with Gasteiger partial charge in [-0.1, -0.05) is 16.5 Å². The Morgan fingerprint density at radius 3 is 2.16 bits per heavy atom. The molecule has 4 aromatic rings. The second kappa shape index (κ2) is 13.6. The number of rotatable bonds is 14. The molecule has 3 unspecified atom stereocenters. The van der Waals surface area contributed by atoms with Crippen molar-refractivity contribution < 1.29 is 32.2 Å². The predicted octanol–water partition coefficient (Wildman–Crippen LogP) is 2.87. The third kappa shape index (κ3) is 9.28. The van der Waals surface area contributed by atoms with Gasteiger partial charge < -0.3 is 10.2 Å². The summed E-state index contributed by atoms with van der Waals surface area (Å²) >= 11 is 0. The van der Waals surface area contributed by atoms with Crippen molar-refractivity contribution in [1.29, 1.82) is 0 Å². The summed E-state index contributed by atoms with van der Waals surface area (Å²) < 4.78 is 70.0. The number of pyridine rings is 2. The summed E-state index contributed by atoms with van der Waals surface area (Å²) in [6.07, 6.45) is -4.60. The van der Waals surface area contributed by atoms with Crippen molar-refractivity contribution in [2.24, 2.45) is 0 Å². The van der Waals surface area contributed by atoms with Crippen LogP contribution in [0.15, 0.2) is 48.9 Å². The second-order valence-electron chi connectivity index (χ2n) is 10.2. The fourth-order valence-electron chi connectivity index (χ4n) is 3.91. The van der Waals surface area contributed by atoms with Crippen LogP contribution in [0.3, 0.4) is 0 Å². The van der Waals surface area contributed by atoms with Gasteiger partial charge in [0, 0.05) is 32.3 Å². The maximum atomic E-state index is 14.7. The SMILES string of the molecule is CC(C)(F)c1cccc(CNC(O)c2cn(CCC(F)Cn3cc(C(O)NCc4cc(C(F)(F)F)ccn4)nn3)nn2)n1. The van der Waals surface area contributed by atoms with Gasteiger partial charge >= 0.3 is 6.18 Å². The number of halogens is 5. The molecule has 0 saturated carbocycles. The lowest BCUT2D eigenvalue weighted by atomic mass is 10.1. The largest absolute Gasteiger partial charge is 0.416 e. The van der Waals surface area contributed by atoms with Gasteiger partial charge in [-0.25, -0.2) is 13.5 Å². The number of aromatic nitrogens is 8. The number of nitrogens with one attached hydrogen (secondary N) is 2. The summed E-state index contributed by atoms with van der Waals surface area (Å²) in [5, 5.41) is 41.5. The summed E-state index contributed by atoms with van der Waals surface area (Å²) in [6.45, 7) is 2.75. The highest BCUT2D eigenvalue weighted by Gasteiger charge is 2.30. The number of aliphatic hydroxyl groups is 2. The van der Waals surface area contributed by atoms with Gasteiger partial charge in [-0.3, -0.25) is 25.3 Å². The van der Waals surface area contributed by atoms with Gasteiger partial charge in [0.2, 0.25) is 0 Å². The first-order valence-corrected chi connectivity index (χ1v) is 13.2. The van der Waals surface area contributed by atoms with Crippen molar-refractivity contribution in [3.63, 3.8) is 0 Å². The number of nitrogens with zero attached hydrogens (tertiary/aromatic N) is 8. The van der Waals surface area contributed by atoms with E-state index in [4.69, 9.17) is 0 Å². The molecule has 0 bridgehead atoms. The second-order valence-corrected chi connectivity index (χ2v) is 10.2. The lowest BCUT2D eigenvalue weighted by Gasteiger charge is -2.15. The lowest BCUT2D eigenvalue weighted by molar-refractivity contribution is -0.137. The molecule has 0 radical (unpaired) electrons. The van der Waals surface area contributed by atoms with Crippen molar-refractivity contribution in [3.05, 3.63) is 83.0 Å². The Kier molecular flexibility index (Phi) is 10.1. The van der Waals surface area contributed by atoms with E-state index in [0.717, 1.165) is 18.3 Å². The highest BCUT2D eigenvalue weighted by Crippen LogP contribution is 2.29. The fraction of sp³-hybridized carbons (Fsp3) is 0.462. The van der Waals surface area contributed by atoms with E-state index in [1.807, 2.05) is 0 Å². The molecule has 4 heterocycles. The monoisotopic (exact) mass is 610 g/mol. The molecule has 0 saturated heterocycles. The van der Waals surface area contributed by atoms with E-state index in [0.29, 0.717) is 5.69 Å². The van der Waals surface area contributed by atoms with Gasteiger partial charge in [0.05, 0.1) is 41.6 Å². The van der Waals surface area contributed by atoms with Gasteiger partial charge in [-0.2, -0.15) is 13.2 Å². The molecule has 232 valence electrons. The first-order chi connectivity index (χ1) is 20.3. The zero-order valence-electron chi connectivity index (χ0n) is 23.2. The minimum Gasteiger partial charge on any atom is -0.373 e. The molecule has 0 aliphatic carbocycles. The zero-order valence-corrected chi connectivity index (χ0v) is 23.2. The van der Waals surface area contributed by atoms with Gasteiger partial charge in [0.1, 0.15) is 23.2 Å². The van der Waals surface area contributed by atoms with Crippen LogP contribution in [0.2, 0.25) is 0 Å². The highest BCUT2D eigenvalue weighted by atomic mass is 19.4. The Bertz CT molecular complexity index is 1470. The smallest absolute Gasteiger partial charge is 0.373 e. The van der Waals surface area contributed by atoms with Crippen molar-refractivity contribution >= 4 is 0 Å². The van der Waals surface area contributed by atoms with Gasteiger partial charge in [0.15, 0.2) is 12.5 Å².